The minimum Gasteiger partial charge on any atom is -0.455 e. The van der Waals surface area contributed by atoms with Gasteiger partial charge in [-0.2, -0.15) is 0 Å². The monoisotopic (exact) mass is 858 g/mol. The molecule has 3 heterocycles. The molecule has 0 bridgehead atoms. The topological polar surface area (TPSA) is 38.9 Å². The number of fused-ring (bicyclic) bond motifs is 6. The lowest BCUT2D eigenvalue weighted by atomic mass is 9.85. The minimum atomic E-state index is -0.432. The fourth-order valence-electron chi connectivity index (χ4n) is 9.86. The molecule has 67 heavy (non-hydrogen) atoms. The van der Waals surface area contributed by atoms with Gasteiger partial charge in [-0.15, -0.1) is 0 Å². The summed E-state index contributed by atoms with van der Waals surface area (Å²) in [7, 11) is 0. The van der Waals surface area contributed by atoms with Gasteiger partial charge in [-0.05, 0) is 77.8 Å². The molecule has 0 saturated heterocycles. The molecular formula is C64H40N2O. The maximum atomic E-state index is 9.71. The molecule has 13 rings (SSSR count). The number of hydrogen-bond acceptors (Lipinski definition) is 3. The van der Waals surface area contributed by atoms with Gasteiger partial charge in [0.2, 0.25) is 0 Å². The van der Waals surface area contributed by atoms with E-state index in [1.165, 1.54) is 0 Å². The van der Waals surface area contributed by atoms with Crippen molar-refractivity contribution in [2.45, 2.75) is 0 Å². The van der Waals surface area contributed by atoms with Crippen LogP contribution in [0.2, 0.25) is 0 Å². The molecule has 0 N–H and O–H groups in total. The van der Waals surface area contributed by atoms with Crippen molar-refractivity contribution < 1.29 is 12.6 Å². The standard InChI is InChI=1S/C64H40N2O/c1-4-17-42(18-5-1)57-52-26-12-14-28-54(52)60(55-29-15-13-27-53(55)57)64-59(43-19-6-2-7-20-43)58(63(67-64)47-21-8-3-9-22-47)44-32-30-41(31-33-44)48-37-38-51(50-25-11-10-24-49(48)50)56-39-36-46-35-34-45-23-16-40-65-61(45)62(46)66-56/h1-40H/i10D,11D,24D,25D,37D,38D. The molecule has 0 aliphatic heterocycles. The maximum absolute atomic E-state index is 9.71. The third kappa shape index (κ3) is 6.43. The normalized spacial score (nSPS) is 12.8. The highest BCUT2D eigenvalue weighted by Crippen LogP contribution is 2.53. The molecule has 0 amide bonds. The summed E-state index contributed by atoms with van der Waals surface area (Å²) in [5, 5.41) is 6.28. The van der Waals surface area contributed by atoms with E-state index in [1.54, 1.807) is 12.3 Å². The van der Waals surface area contributed by atoms with E-state index < -0.39 is 12.1 Å². The average Bonchev–Trinajstić information content (AvgIpc) is 3.85. The van der Waals surface area contributed by atoms with Crippen molar-refractivity contribution in [3.8, 4) is 78.4 Å². The van der Waals surface area contributed by atoms with E-state index in [-0.39, 0.29) is 46.1 Å². The lowest BCUT2D eigenvalue weighted by molar-refractivity contribution is 0.600. The third-order valence-corrected chi connectivity index (χ3v) is 12.9. The molecule has 3 aromatic heterocycles. The quantitative estimate of drug-likeness (QED) is 0.118. The van der Waals surface area contributed by atoms with Crippen molar-refractivity contribution in [3.63, 3.8) is 0 Å². The van der Waals surface area contributed by atoms with Gasteiger partial charge < -0.3 is 4.42 Å². The SMILES string of the molecule is [2H]c1c([2H])c([2H])c2c(-c3ccc4ccc5cccnc5c4n3)c([2H])c([2H])c(-c3ccc(-c4c(-c5ccccc5)oc(-c5c6ccccc6c(-c6ccccc6)c6ccccc56)c4-c4ccccc4)cc3)c2c1[2H]. The maximum Gasteiger partial charge on any atom is 0.144 e. The highest BCUT2D eigenvalue weighted by atomic mass is 16.3. The van der Waals surface area contributed by atoms with Crippen LogP contribution in [-0.2, 0) is 0 Å². The Kier molecular flexibility index (Phi) is 7.78. The zero-order chi connectivity index (χ0) is 49.5. The first-order valence-corrected chi connectivity index (χ1v) is 22.3. The summed E-state index contributed by atoms with van der Waals surface area (Å²) in [4.78, 5) is 9.62. The molecular weight excluding hydrogens is 813 g/mol. The van der Waals surface area contributed by atoms with Gasteiger partial charge in [0, 0.05) is 44.8 Å². The van der Waals surface area contributed by atoms with Crippen molar-refractivity contribution in [3.05, 3.63) is 243 Å². The molecule has 0 aliphatic carbocycles. The molecule has 0 saturated carbocycles. The van der Waals surface area contributed by atoms with E-state index in [0.29, 0.717) is 33.8 Å². The van der Waals surface area contributed by atoms with Gasteiger partial charge in [-0.3, -0.25) is 4.98 Å². The first-order chi connectivity index (χ1) is 35.8. The van der Waals surface area contributed by atoms with Gasteiger partial charge in [0.25, 0.3) is 0 Å². The Morgan fingerprint density at radius 3 is 1.45 bits per heavy atom. The largest absolute Gasteiger partial charge is 0.455 e. The van der Waals surface area contributed by atoms with Crippen molar-refractivity contribution in [1.82, 2.24) is 9.97 Å². The van der Waals surface area contributed by atoms with E-state index in [1.807, 2.05) is 97.1 Å². The molecule has 13 aromatic rings. The van der Waals surface area contributed by atoms with Crippen molar-refractivity contribution >= 4 is 54.1 Å². The number of hydrogen-bond donors (Lipinski definition) is 0. The van der Waals surface area contributed by atoms with Crippen molar-refractivity contribution in [2.24, 2.45) is 0 Å². The van der Waals surface area contributed by atoms with E-state index in [4.69, 9.17) is 12.1 Å². The average molecular weight is 859 g/mol. The second kappa shape index (κ2) is 16.0. The van der Waals surface area contributed by atoms with Crippen LogP contribution in [-0.4, -0.2) is 9.97 Å². The lowest BCUT2D eigenvalue weighted by Crippen LogP contribution is -1.92. The van der Waals surface area contributed by atoms with Crippen LogP contribution >= 0.6 is 0 Å². The Balaban J connectivity index is 1.06. The molecule has 3 heteroatoms. The zero-order valence-electron chi connectivity index (χ0n) is 41.9. The van der Waals surface area contributed by atoms with E-state index in [0.717, 1.165) is 76.8 Å². The predicted molar refractivity (Wildman–Crippen MR) is 280 cm³/mol. The van der Waals surface area contributed by atoms with Gasteiger partial charge >= 0.3 is 0 Å². The molecule has 10 aromatic carbocycles. The number of aromatic nitrogens is 2. The van der Waals surface area contributed by atoms with Crippen LogP contribution in [0.1, 0.15) is 8.22 Å². The summed E-state index contributed by atoms with van der Waals surface area (Å²) in [5.74, 6) is 1.39. The van der Waals surface area contributed by atoms with Crippen molar-refractivity contribution in [1.29, 1.82) is 0 Å². The first-order valence-electron chi connectivity index (χ1n) is 25.3. The number of furan rings is 1. The number of rotatable bonds is 7. The van der Waals surface area contributed by atoms with Gasteiger partial charge in [-0.1, -0.05) is 224 Å². The summed E-state index contributed by atoms with van der Waals surface area (Å²) in [6.07, 6.45) is 1.70. The lowest BCUT2D eigenvalue weighted by Gasteiger charge is -2.17. The van der Waals surface area contributed by atoms with Crippen LogP contribution in [0.25, 0.3) is 133 Å². The summed E-state index contributed by atoms with van der Waals surface area (Å²) in [5.41, 5.74) is 10.1. The molecule has 0 spiro atoms. The highest BCUT2D eigenvalue weighted by Gasteiger charge is 2.28. The van der Waals surface area contributed by atoms with Crippen LogP contribution in [0, 0.1) is 0 Å². The Labute approximate surface area is 396 Å². The Bertz CT molecular complexity index is 4310. The molecule has 0 unspecified atom stereocenters. The molecule has 312 valence electrons. The number of nitrogens with zero attached hydrogens (tertiary/aromatic N) is 2. The van der Waals surface area contributed by atoms with E-state index in [9.17, 15) is 5.48 Å². The van der Waals surface area contributed by atoms with Crippen LogP contribution in [0.4, 0.5) is 0 Å². The third-order valence-electron chi connectivity index (χ3n) is 12.9. The van der Waals surface area contributed by atoms with Gasteiger partial charge in [0.15, 0.2) is 0 Å². The summed E-state index contributed by atoms with van der Waals surface area (Å²) >= 11 is 0. The Hall–Kier alpha value is -8.92. The number of benzene rings is 10. The molecule has 3 nitrogen and oxygen atoms in total. The summed E-state index contributed by atoms with van der Waals surface area (Å²) < 4.78 is 63.2. The highest BCUT2D eigenvalue weighted by molar-refractivity contribution is 6.23. The van der Waals surface area contributed by atoms with E-state index in [2.05, 4.69) is 102 Å². The van der Waals surface area contributed by atoms with Crippen molar-refractivity contribution in [2.75, 3.05) is 0 Å². The Morgan fingerprint density at radius 1 is 0.328 bits per heavy atom. The summed E-state index contributed by atoms with van der Waals surface area (Å²) in [6, 6.07) is 65.2. The molecule has 0 aliphatic rings. The smallest absolute Gasteiger partial charge is 0.144 e. The Morgan fingerprint density at radius 2 is 0.806 bits per heavy atom. The van der Waals surface area contributed by atoms with Crippen LogP contribution in [0.15, 0.2) is 247 Å². The van der Waals surface area contributed by atoms with E-state index >= 15 is 0 Å². The van der Waals surface area contributed by atoms with Gasteiger partial charge in [-0.25, -0.2) is 4.98 Å². The van der Waals surface area contributed by atoms with Crippen LogP contribution in [0.3, 0.4) is 0 Å². The predicted octanol–water partition coefficient (Wildman–Crippen LogP) is 17.5. The first kappa shape index (κ1) is 32.7. The fourth-order valence-corrected chi connectivity index (χ4v) is 9.86. The molecule has 0 atom stereocenters. The van der Waals surface area contributed by atoms with Gasteiger partial charge in [0.05, 0.1) is 25.0 Å². The second-order valence-electron chi connectivity index (χ2n) is 16.7. The number of pyridine rings is 2. The summed E-state index contributed by atoms with van der Waals surface area (Å²) in [6.45, 7) is 0. The van der Waals surface area contributed by atoms with Crippen LogP contribution < -0.4 is 0 Å². The molecule has 0 radical (unpaired) electrons. The minimum absolute atomic E-state index is 0.126. The second-order valence-corrected chi connectivity index (χ2v) is 16.7. The molecule has 0 fully saturated rings. The fraction of sp³-hybridized carbons (Fsp3) is 0. The van der Waals surface area contributed by atoms with Gasteiger partial charge in [0.1, 0.15) is 11.5 Å². The zero-order valence-corrected chi connectivity index (χ0v) is 35.9. The van der Waals surface area contributed by atoms with Crippen LogP contribution in [0.5, 0.6) is 0 Å².